The standard InChI is InChI=1S/C23H17FN8O/c1-12(9-26-11-25-2)14-7-17-20(31-32-22(17)28-10-14)23-29-18-3-4-27-19(21(18)30-23)13-5-15(24)8-16(33)6-13/h3-11,33H,2H2,1H3,(H,29,30)(H,28,31,32)/b12-9+,26-11?. The highest BCUT2D eigenvalue weighted by molar-refractivity contribution is 5.95. The largest absolute Gasteiger partial charge is 0.508 e. The first kappa shape index (κ1) is 20.2. The highest BCUT2D eigenvalue weighted by Crippen LogP contribution is 2.32. The number of benzene rings is 1. The minimum atomic E-state index is -0.561. The van der Waals surface area contributed by atoms with Crippen LogP contribution in [0.25, 0.3) is 50.4 Å². The topological polar surface area (TPSA) is 128 Å². The fourth-order valence-corrected chi connectivity index (χ4v) is 3.54. The third-order valence-corrected chi connectivity index (χ3v) is 5.08. The fraction of sp³-hybridized carbons (Fsp3) is 0.0435. The van der Waals surface area contributed by atoms with Crippen LogP contribution in [0.5, 0.6) is 5.75 Å². The zero-order chi connectivity index (χ0) is 22.9. The van der Waals surface area contributed by atoms with Crippen LogP contribution < -0.4 is 0 Å². The summed E-state index contributed by atoms with van der Waals surface area (Å²) >= 11 is 0. The summed E-state index contributed by atoms with van der Waals surface area (Å²) in [6.07, 6.45) is 6.34. The number of phenols is 1. The molecule has 1 aromatic carbocycles. The van der Waals surface area contributed by atoms with Gasteiger partial charge in [0.25, 0.3) is 0 Å². The van der Waals surface area contributed by atoms with Crippen molar-refractivity contribution in [2.45, 2.75) is 6.92 Å². The lowest BCUT2D eigenvalue weighted by Crippen LogP contribution is -1.87. The van der Waals surface area contributed by atoms with Crippen LogP contribution in [0.4, 0.5) is 4.39 Å². The van der Waals surface area contributed by atoms with E-state index in [1.165, 1.54) is 18.5 Å². The van der Waals surface area contributed by atoms with Gasteiger partial charge in [0.1, 0.15) is 29.1 Å². The molecule has 0 saturated carbocycles. The van der Waals surface area contributed by atoms with Crippen LogP contribution in [0, 0.1) is 5.82 Å². The van der Waals surface area contributed by atoms with Crippen LogP contribution >= 0.6 is 0 Å². The van der Waals surface area contributed by atoms with Crippen molar-refractivity contribution in [3.05, 3.63) is 60.3 Å². The number of rotatable bonds is 5. The van der Waals surface area contributed by atoms with Crippen LogP contribution in [0.15, 0.2) is 58.9 Å². The van der Waals surface area contributed by atoms with Gasteiger partial charge in [0.15, 0.2) is 11.5 Å². The average molecular weight is 440 g/mol. The first-order valence-corrected chi connectivity index (χ1v) is 9.87. The molecule has 0 amide bonds. The molecule has 5 rings (SSSR count). The number of H-pyrrole nitrogens is 2. The van der Waals surface area contributed by atoms with Crippen LogP contribution in [-0.4, -0.2) is 48.3 Å². The van der Waals surface area contributed by atoms with Crippen molar-refractivity contribution in [3.63, 3.8) is 0 Å². The van der Waals surface area contributed by atoms with Crippen LogP contribution in [0.3, 0.4) is 0 Å². The van der Waals surface area contributed by atoms with E-state index < -0.39 is 5.82 Å². The molecule has 162 valence electrons. The maximum atomic E-state index is 13.9. The molecule has 0 radical (unpaired) electrons. The predicted molar refractivity (Wildman–Crippen MR) is 126 cm³/mol. The van der Waals surface area contributed by atoms with Gasteiger partial charge in [-0.3, -0.25) is 15.1 Å². The summed E-state index contributed by atoms with van der Waals surface area (Å²) in [5, 5.41) is 17.8. The molecule has 0 bridgehead atoms. The number of nitrogens with one attached hydrogen (secondary N) is 2. The molecule has 0 aliphatic heterocycles. The van der Waals surface area contributed by atoms with Crippen molar-refractivity contribution in [3.8, 4) is 28.5 Å². The molecular formula is C23H17FN8O. The second kappa shape index (κ2) is 8.08. The Hall–Kier alpha value is -4.73. The van der Waals surface area contributed by atoms with E-state index in [2.05, 4.69) is 41.9 Å². The van der Waals surface area contributed by atoms with E-state index in [4.69, 9.17) is 4.98 Å². The Labute approximate surface area is 186 Å². The number of aromatic nitrogens is 6. The molecule has 0 atom stereocenters. The number of halogens is 1. The monoisotopic (exact) mass is 440 g/mol. The van der Waals surface area contributed by atoms with E-state index in [9.17, 15) is 9.50 Å². The molecule has 0 saturated heterocycles. The zero-order valence-corrected chi connectivity index (χ0v) is 17.4. The smallest absolute Gasteiger partial charge is 0.181 e. The molecule has 4 aromatic heterocycles. The Morgan fingerprint density at radius 2 is 2.09 bits per heavy atom. The highest BCUT2D eigenvalue weighted by atomic mass is 19.1. The predicted octanol–water partition coefficient (Wildman–Crippen LogP) is 4.50. The van der Waals surface area contributed by atoms with E-state index in [0.29, 0.717) is 39.5 Å². The maximum Gasteiger partial charge on any atom is 0.181 e. The first-order valence-electron chi connectivity index (χ1n) is 9.87. The summed E-state index contributed by atoms with van der Waals surface area (Å²) in [6, 6.07) is 7.50. The Bertz CT molecular complexity index is 1560. The SMILES string of the molecule is C=NC=N/C=C(\C)c1cnc2n[nH]c(-c3nc4c(-c5cc(O)cc(F)c5)nccc4[nH]3)c2c1. The number of pyridine rings is 2. The Morgan fingerprint density at radius 3 is 2.91 bits per heavy atom. The van der Waals surface area contributed by atoms with E-state index in [1.807, 2.05) is 13.0 Å². The molecule has 0 aliphatic rings. The molecular weight excluding hydrogens is 423 g/mol. The average Bonchev–Trinajstić information content (AvgIpc) is 3.41. The molecule has 9 nitrogen and oxygen atoms in total. The number of fused-ring (bicyclic) bond motifs is 2. The molecule has 0 fully saturated rings. The van der Waals surface area contributed by atoms with E-state index in [-0.39, 0.29) is 5.75 Å². The molecule has 0 aliphatic carbocycles. The zero-order valence-electron chi connectivity index (χ0n) is 17.4. The Kier molecular flexibility index (Phi) is 4.94. The second-order valence-corrected chi connectivity index (χ2v) is 7.29. The normalized spacial score (nSPS) is 12.2. The summed E-state index contributed by atoms with van der Waals surface area (Å²) < 4.78 is 13.9. The van der Waals surface area contributed by atoms with Crippen molar-refractivity contribution in [2.24, 2.45) is 9.98 Å². The number of imidazole rings is 1. The lowest BCUT2D eigenvalue weighted by Gasteiger charge is -2.03. The summed E-state index contributed by atoms with van der Waals surface area (Å²) in [5.41, 5.74) is 5.03. The Morgan fingerprint density at radius 1 is 1.21 bits per heavy atom. The van der Waals surface area contributed by atoms with Gasteiger partial charge in [-0.05, 0) is 49.0 Å². The van der Waals surface area contributed by atoms with Gasteiger partial charge in [0, 0.05) is 30.2 Å². The minimum absolute atomic E-state index is 0.186. The van der Waals surface area contributed by atoms with Crippen molar-refractivity contribution in [2.75, 3.05) is 0 Å². The van der Waals surface area contributed by atoms with Crippen LogP contribution in [-0.2, 0) is 0 Å². The number of allylic oxidation sites excluding steroid dienone is 1. The van der Waals surface area contributed by atoms with Gasteiger partial charge >= 0.3 is 0 Å². The number of nitrogens with zero attached hydrogens (tertiary/aromatic N) is 6. The minimum Gasteiger partial charge on any atom is -0.508 e. The molecule has 0 spiro atoms. The summed E-state index contributed by atoms with van der Waals surface area (Å²) in [5.74, 6) is -0.222. The molecule has 5 aromatic rings. The molecule has 4 heterocycles. The fourth-order valence-electron chi connectivity index (χ4n) is 3.54. The Balaban J connectivity index is 1.63. The van der Waals surface area contributed by atoms with E-state index in [1.54, 1.807) is 24.7 Å². The van der Waals surface area contributed by atoms with Crippen LogP contribution in [0.1, 0.15) is 12.5 Å². The van der Waals surface area contributed by atoms with Gasteiger partial charge in [-0.15, -0.1) is 0 Å². The highest BCUT2D eigenvalue weighted by Gasteiger charge is 2.17. The van der Waals surface area contributed by atoms with Crippen molar-refractivity contribution in [1.29, 1.82) is 0 Å². The molecule has 33 heavy (non-hydrogen) atoms. The van der Waals surface area contributed by atoms with Gasteiger partial charge in [-0.1, -0.05) is 0 Å². The third-order valence-electron chi connectivity index (χ3n) is 5.08. The summed E-state index contributed by atoms with van der Waals surface area (Å²) in [4.78, 5) is 24.4. The quantitative estimate of drug-likeness (QED) is 0.274. The van der Waals surface area contributed by atoms with Crippen LogP contribution in [0.2, 0.25) is 0 Å². The summed E-state index contributed by atoms with van der Waals surface area (Å²) in [6.45, 7) is 5.28. The second-order valence-electron chi connectivity index (χ2n) is 7.29. The molecule has 10 heteroatoms. The number of hydrogen-bond donors (Lipinski definition) is 3. The maximum absolute atomic E-state index is 13.9. The van der Waals surface area contributed by atoms with Crippen molar-refractivity contribution >= 4 is 40.7 Å². The van der Waals surface area contributed by atoms with Gasteiger partial charge in [-0.25, -0.2) is 19.4 Å². The molecule has 0 unspecified atom stereocenters. The summed E-state index contributed by atoms with van der Waals surface area (Å²) in [7, 11) is 0. The van der Waals surface area contributed by atoms with E-state index >= 15 is 0 Å². The number of phenolic OH excluding ortho intramolecular Hbond substituents is 1. The van der Waals surface area contributed by atoms with Crippen molar-refractivity contribution in [1.82, 2.24) is 30.1 Å². The van der Waals surface area contributed by atoms with Gasteiger partial charge in [0.2, 0.25) is 0 Å². The van der Waals surface area contributed by atoms with Crippen molar-refractivity contribution < 1.29 is 9.50 Å². The van der Waals surface area contributed by atoms with E-state index in [0.717, 1.165) is 22.6 Å². The number of hydrogen-bond acceptors (Lipinski definition) is 6. The third kappa shape index (κ3) is 3.74. The van der Waals surface area contributed by atoms with Gasteiger partial charge in [0.05, 0.1) is 16.6 Å². The number of aliphatic imine (C=N–C) groups is 2. The first-order chi connectivity index (χ1) is 16.0. The lowest BCUT2D eigenvalue weighted by molar-refractivity contribution is 0.469. The number of aromatic amines is 2. The lowest BCUT2D eigenvalue weighted by atomic mass is 10.1. The van der Waals surface area contributed by atoms with Gasteiger partial charge in [-0.2, -0.15) is 5.10 Å². The number of aromatic hydroxyl groups is 1. The molecule has 3 N–H and O–H groups in total. The van der Waals surface area contributed by atoms with Gasteiger partial charge < -0.3 is 10.1 Å².